The molecule has 0 spiro atoms. The van der Waals surface area contributed by atoms with Gasteiger partial charge in [-0.05, 0) is 51.7 Å². The summed E-state index contributed by atoms with van der Waals surface area (Å²) in [6.07, 6.45) is 5.91. The lowest BCUT2D eigenvalue weighted by molar-refractivity contribution is 0.170. The highest BCUT2D eigenvalue weighted by molar-refractivity contribution is 5.16. The van der Waals surface area contributed by atoms with E-state index >= 15 is 0 Å². The van der Waals surface area contributed by atoms with Crippen LogP contribution in [0.5, 0.6) is 0 Å². The molecule has 0 radical (unpaired) electrons. The fraction of sp³-hybridized carbons (Fsp3) is 0.688. The zero-order valence-corrected chi connectivity index (χ0v) is 13.4. The van der Waals surface area contributed by atoms with Crippen molar-refractivity contribution in [1.82, 2.24) is 14.8 Å². The summed E-state index contributed by atoms with van der Waals surface area (Å²) in [6, 6.07) is 4.56. The van der Waals surface area contributed by atoms with E-state index < -0.39 is 0 Å². The summed E-state index contributed by atoms with van der Waals surface area (Å²) in [7, 11) is 4.24. The predicted octanol–water partition coefficient (Wildman–Crippen LogP) is 2.13. The van der Waals surface area contributed by atoms with Gasteiger partial charge in [0.05, 0.1) is 6.04 Å². The molecule has 2 N–H and O–H groups in total. The number of hydrogen-bond donors (Lipinski definition) is 1. The summed E-state index contributed by atoms with van der Waals surface area (Å²) in [5.41, 5.74) is 7.61. The van der Waals surface area contributed by atoms with E-state index in [4.69, 9.17) is 5.73 Å². The third-order valence-electron chi connectivity index (χ3n) is 3.75. The van der Waals surface area contributed by atoms with Crippen molar-refractivity contribution >= 4 is 0 Å². The summed E-state index contributed by atoms with van der Waals surface area (Å²) in [5, 5.41) is 0. The monoisotopic (exact) mass is 278 g/mol. The minimum atomic E-state index is 0.151. The van der Waals surface area contributed by atoms with E-state index in [9.17, 15) is 0 Å². The SMILES string of the molecule is CCC(N)C(c1cccnc1)N(CC)CCCN(C)C. The highest BCUT2D eigenvalue weighted by Crippen LogP contribution is 2.24. The quantitative estimate of drug-likeness (QED) is 0.751. The minimum absolute atomic E-state index is 0.151. The maximum atomic E-state index is 6.38. The van der Waals surface area contributed by atoms with Gasteiger partial charge in [-0.2, -0.15) is 0 Å². The molecule has 2 unspecified atom stereocenters. The molecule has 4 heteroatoms. The molecule has 0 saturated carbocycles. The van der Waals surface area contributed by atoms with E-state index in [0.717, 1.165) is 32.5 Å². The molecule has 0 aliphatic carbocycles. The molecule has 0 bridgehead atoms. The summed E-state index contributed by atoms with van der Waals surface area (Å²) in [4.78, 5) is 8.97. The molecule has 4 nitrogen and oxygen atoms in total. The Morgan fingerprint density at radius 1 is 1.25 bits per heavy atom. The zero-order valence-electron chi connectivity index (χ0n) is 13.4. The largest absolute Gasteiger partial charge is 0.326 e. The second kappa shape index (κ2) is 9.06. The standard InChI is InChI=1S/C16H30N4/c1-5-15(17)16(14-9-7-10-18-13-14)20(6-2)12-8-11-19(3)4/h7,9-10,13,15-16H,5-6,8,11-12,17H2,1-4H3. The van der Waals surface area contributed by atoms with Crippen molar-refractivity contribution in [1.29, 1.82) is 0 Å². The van der Waals surface area contributed by atoms with Crippen molar-refractivity contribution in [2.75, 3.05) is 33.7 Å². The van der Waals surface area contributed by atoms with Gasteiger partial charge in [-0.15, -0.1) is 0 Å². The van der Waals surface area contributed by atoms with Crippen LogP contribution >= 0.6 is 0 Å². The van der Waals surface area contributed by atoms with E-state index in [1.165, 1.54) is 5.56 Å². The van der Waals surface area contributed by atoms with E-state index in [1.807, 2.05) is 18.5 Å². The van der Waals surface area contributed by atoms with Crippen molar-refractivity contribution in [3.63, 3.8) is 0 Å². The van der Waals surface area contributed by atoms with Crippen LogP contribution < -0.4 is 5.73 Å². The molecule has 0 amide bonds. The first kappa shape index (κ1) is 17.1. The second-order valence-corrected chi connectivity index (χ2v) is 5.59. The van der Waals surface area contributed by atoms with E-state index in [1.54, 1.807) is 0 Å². The van der Waals surface area contributed by atoms with Crippen LogP contribution in [0.3, 0.4) is 0 Å². The van der Waals surface area contributed by atoms with Crippen LogP contribution in [0.1, 0.15) is 38.3 Å². The molecule has 1 aromatic heterocycles. The summed E-state index contributed by atoms with van der Waals surface area (Å²) < 4.78 is 0. The number of nitrogens with zero attached hydrogens (tertiary/aromatic N) is 3. The van der Waals surface area contributed by atoms with E-state index in [-0.39, 0.29) is 12.1 Å². The number of pyridine rings is 1. The Hall–Kier alpha value is -0.970. The third kappa shape index (κ3) is 5.19. The molecule has 2 atom stereocenters. The van der Waals surface area contributed by atoms with Crippen molar-refractivity contribution in [2.45, 2.75) is 38.8 Å². The maximum absolute atomic E-state index is 6.38. The van der Waals surface area contributed by atoms with Gasteiger partial charge in [-0.3, -0.25) is 9.88 Å². The van der Waals surface area contributed by atoms with Crippen LogP contribution in [-0.2, 0) is 0 Å². The van der Waals surface area contributed by atoms with Gasteiger partial charge >= 0.3 is 0 Å². The molecule has 0 aliphatic rings. The third-order valence-corrected chi connectivity index (χ3v) is 3.75. The van der Waals surface area contributed by atoms with Crippen LogP contribution in [0, 0.1) is 0 Å². The minimum Gasteiger partial charge on any atom is -0.326 e. The highest BCUT2D eigenvalue weighted by Gasteiger charge is 2.24. The molecule has 1 heterocycles. The van der Waals surface area contributed by atoms with E-state index in [0.29, 0.717) is 0 Å². The number of likely N-dealkylation sites (N-methyl/N-ethyl adjacent to an activating group) is 1. The second-order valence-electron chi connectivity index (χ2n) is 5.59. The Morgan fingerprint density at radius 2 is 2.00 bits per heavy atom. The molecule has 20 heavy (non-hydrogen) atoms. The van der Waals surface area contributed by atoms with Gasteiger partial charge in [0.2, 0.25) is 0 Å². The van der Waals surface area contributed by atoms with Crippen LogP contribution in [0.4, 0.5) is 0 Å². The Labute approximate surface area is 124 Å². The first-order chi connectivity index (χ1) is 9.60. The van der Waals surface area contributed by atoms with Gasteiger partial charge in [0.25, 0.3) is 0 Å². The van der Waals surface area contributed by atoms with Crippen molar-refractivity contribution in [3.8, 4) is 0 Å². The molecule has 0 saturated heterocycles. The number of aromatic nitrogens is 1. The smallest absolute Gasteiger partial charge is 0.0514 e. The van der Waals surface area contributed by atoms with Crippen molar-refractivity contribution in [3.05, 3.63) is 30.1 Å². The van der Waals surface area contributed by atoms with Gasteiger partial charge < -0.3 is 10.6 Å². The zero-order chi connectivity index (χ0) is 15.0. The lowest BCUT2D eigenvalue weighted by Crippen LogP contribution is -2.41. The number of hydrogen-bond acceptors (Lipinski definition) is 4. The number of nitrogens with two attached hydrogens (primary N) is 1. The first-order valence-corrected chi connectivity index (χ1v) is 7.64. The Bertz CT molecular complexity index is 353. The predicted molar refractivity (Wildman–Crippen MR) is 85.7 cm³/mol. The normalized spacial score (nSPS) is 14.8. The molecule has 0 fully saturated rings. The molecular weight excluding hydrogens is 248 g/mol. The molecule has 1 rings (SSSR count). The van der Waals surface area contributed by atoms with Gasteiger partial charge in [0.15, 0.2) is 0 Å². The number of rotatable bonds is 9. The van der Waals surface area contributed by atoms with Crippen molar-refractivity contribution < 1.29 is 0 Å². The molecular formula is C16H30N4. The first-order valence-electron chi connectivity index (χ1n) is 7.64. The van der Waals surface area contributed by atoms with Gasteiger partial charge in [-0.25, -0.2) is 0 Å². The van der Waals surface area contributed by atoms with Crippen molar-refractivity contribution in [2.24, 2.45) is 5.73 Å². The average molecular weight is 278 g/mol. The van der Waals surface area contributed by atoms with E-state index in [2.05, 4.69) is 48.8 Å². The Morgan fingerprint density at radius 3 is 2.50 bits per heavy atom. The maximum Gasteiger partial charge on any atom is 0.0514 e. The summed E-state index contributed by atoms with van der Waals surface area (Å²) in [5.74, 6) is 0. The highest BCUT2D eigenvalue weighted by atomic mass is 15.2. The molecule has 0 aromatic carbocycles. The van der Waals surface area contributed by atoms with Gasteiger partial charge in [0.1, 0.15) is 0 Å². The Kier molecular flexibility index (Phi) is 7.73. The summed E-state index contributed by atoms with van der Waals surface area (Å²) >= 11 is 0. The van der Waals surface area contributed by atoms with Crippen LogP contribution in [0.2, 0.25) is 0 Å². The fourth-order valence-electron chi connectivity index (χ4n) is 2.59. The fourth-order valence-corrected chi connectivity index (χ4v) is 2.59. The van der Waals surface area contributed by atoms with Crippen LogP contribution in [0.25, 0.3) is 0 Å². The molecule has 0 aliphatic heterocycles. The Balaban J connectivity index is 2.79. The average Bonchev–Trinajstić information content (AvgIpc) is 2.46. The van der Waals surface area contributed by atoms with Gasteiger partial charge in [0, 0.05) is 25.0 Å². The lowest BCUT2D eigenvalue weighted by atomic mass is 9.97. The topological polar surface area (TPSA) is 45.4 Å². The molecule has 1 aromatic rings. The molecule has 114 valence electrons. The van der Waals surface area contributed by atoms with Gasteiger partial charge in [-0.1, -0.05) is 19.9 Å². The van der Waals surface area contributed by atoms with Crippen LogP contribution in [-0.4, -0.2) is 54.6 Å². The lowest BCUT2D eigenvalue weighted by Gasteiger charge is -2.35. The van der Waals surface area contributed by atoms with Crippen LogP contribution in [0.15, 0.2) is 24.5 Å². The summed E-state index contributed by atoms with van der Waals surface area (Å²) in [6.45, 7) is 7.56.